The standard InChI is InChI=1S/C44H37BN2/c1-26-22-34-33-24-27-12-7-8-13-28(27)25-37(33)47(30-20-18-29(19-21-30)43(2,3)4)45-36-17-11-15-32-39-31-14-9-10-16-35(31)44(5,6)42(39)46(41(32)36)38(23-26)40(34)45/h7-25H,1-6H3. The second-order valence-corrected chi connectivity index (χ2v) is 15.5. The third kappa shape index (κ3) is 3.42. The van der Waals surface area contributed by atoms with Gasteiger partial charge in [0.05, 0.1) is 5.52 Å². The van der Waals surface area contributed by atoms with Gasteiger partial charge in [-0.15, -0.1) is 0 Å². The lowest BCUT2D eigenvalue weighted by Crippen LogP contribution is -2.60. The van der Waals surface area contributed by atoms with Gasteiger partial charge in [-0.1, -0.05) is 120 Å². The van der Waals surface area contributed by atoms with Gasteiger partial charge in [0.2, 0.25) is 0 Å². The van der Waals surface area contributed by atoms with Crippen molar-refractivity contribution < 1.29 is 0 Å². The van der Waals surface area contributed by atoms with Crippen molar-refractivity contribution in [2.75, 3.05) is 4.81 Å². The third-order valence-corrected chi connectivity index (χ3v) is 11.3. The van der Waals surface area contributed by atoms with Crippen LogP contribution in [-0.2, 0) is 10.8 Å². The molecule has 47 heavy (non-hydrogen) atoms. The molecule has 226 valence electrons. The molecule has 6 aromatic carbocycles. The summed E-state index contributed by atoms with van der Waals surface area (Å²) in [5.74, 6) is 0. The van der Waals surface area contributed by atoms with E-state index in [0.717, 1.165) is 0 Å². The SMILES string of the molecule is Cc1cc2c3c(c1)-n1c4c(c5cccc(c51)B3N(c1ccc(C(C)(C)C)cc1)c1cc3ccccc3cc1-2)-c1ccccc1C4(C)C. The lowest BCUT2D eigenvalue weighted by atomic mass is 9.44. The highest BCUT2D eigenvalue weighted by Gasteiger charge is 2.48. The third-order valence-electron chi connectivity index (χ3n) is 11.3. The van der Waals surface area contributed by atoms with Crippen LogP contribution in [0.2, 0.25) is 0 Å². The molecule has 0 unspecified atom stereocenters. The van der Waals surface area contributed by atoms with Crippen molar-refractivity contribution in [1.82, 2.24) is 4.57 Å². The summed E-state index contributed by atoms with van der Waals surface area (Å²) >= 11 is 0. The number of rotatable bonds is 1. The molecule has 10 rings (SSSR count). The first-order valence-electron chi connectivity index (χ1n) is 17.0. The van der Waals surface area contributed by atoms with Gasteiger partial charge in [-0.05, 0) is 92.2 Å². The second-order valence-electron chi connectivity index (χ2n) is 15.5. The first-order chi connectivity index (χ1) is 22.6. The molecule has 0 amide bonds. The van der Waals surface area contributed by atoms with Crippen LogP contribution in [0.5, 0.6) is 0 Å². The predicted molar refractivity (Wildman–Crippen MR) is 201 cm³/mol. The molecule has 0 N–H and O–H groups in total. The first kappa shape index (κ1) is 27.1. The van der Waals surface area contributed by atoms with Gasteiger partial charge >= 0.3 is 6.85 Å². The molecule has 2 nitrogen and oxygen atoms in total. The minimum atomic E-state index is -0.128. The van der Waals surface area contributed by atoms with E-state index >= 15 is 0 Å². The lowest BCUT2D eigenvalue weighted by molar-refractivity contribution is 0.590. The van der Waals surface area contributed by atoms with Crippen molar-refractivity contribution in [2.24, 2.45) is 0 Å². The fraction of sp³-hybridized carbons (Fsp3) is 0.182. The molecule has 7 aromatic rings. The maximum absolute atomic E-state index is 2.66. The van der Waals surface area contributed by atoms with Crippen LogP contribution in [0.25, 0.3) is 49.6 Å². The molecule has 0 bridgehead atoms. The highest BCUT2D eigenvalue weighted by atomic mass is 15.1. The molecule has 0 saturated carbocycles. The van der Waals surface area contributed by atoms with Gasteiger partial charge < -0.3 is 9.38 Å². The van der Waals surface area contributed by atoms with E-state index < -0.39 is 0 Å². The Hall–Kier alpha value is -5.02. The Morgan fingerprint density at radius 3 is 2.15 bits per heavy atom. The van der Waals surface area contributed by atoms with Gasteiger partial charge in [-0.2, -0.15) is 0 Å². The number of fused-ring (bicyclic) bond motifs is 10. The number of anilines is 2. The average molecular weight is 605 g/mol. The molecule has 1 aliphatic carbocycles. The Balaban J connectivity index is 1.36. The van der Waals surface area contributed by atoms with Crippen LogP contribution in [0.4, 0.5) is 11.4 Å². The zero-order valence-electron chi connectivity index (χ0n) is 27.9. The van der Waals surface area contributed by atoms with E-state index in [-0.39, 0.29) is 17.7 Å². The van der Waals surface area contributed by atoms with Gasteiger partial charge in [-0.3, -0.25) is 0 Å². The highest BCUT2D eigenvalue weighted by molar-refractivity contribution is 6.93. The maximum Gasteiger partial charge on any atom is 0.333 e. The van der Waals surface area contributed by atoms with Gasteiger partial charge in [0.15, 0.2) is 0 Å². The van der Waals surface area contributed by atoms with Gasteiger partial charge in [0.1, 0.15) is 0 Å². The molecule has 3 heterocycles. The van der Waals surface area contributed by atoms with E-state index in [2.05, 4.69) is 166 Å². The number of aromatic nitrogens is 1. The average Bonchev–Trinajstić information content (AvgIpc) is 3.53. The summed E-state index contributed by atoms with van der Waals surface area (Å²) in [6, 6.07) is 44.1. The predicted octanol–water partition coefficient (Wildman–Crippen LogP) is 9.93. The summed E-state index contributed by atoms with van der Waals surface area (Å²) in [7, 11) is 0. The maximum atomic E-state index is 2.66. The van der Waals surface area contributed by atoms with Crippen LogP contribution in [-0.4, -0.2) is 11.4 Å². The van der Waals surface area contributed by atoms with E-state index in [0.29, 0.717) is 0 Å². The summed E-state index contributed by atoms with van der Waals surface area (Å²) in [6.07, 6.45) is 0. The van der Waals surface area contributed by atoms with Crippen molar-refractivity contribution in [3.8, 4) is 27.9 Å². The van der Waals surface area contributed by atoms with Crippen LogP contribution in [0.3, 0.4) is 0 Å². The van der Waals surface area contributed by atoms with Crippen molar-refractivity contribution in [1.29, 1.82) is 0 Å². The van der Waals surface area contributed by atoms with E-state index in [1.807, 2.05) is 0 Å². The normalized spacial score (nSPS) is 15.1. The zero-order chi connectivity index (χ0) is 32.0. The van der Waals surface area contributed by atoms with Crippen molar-refractivity contribution in [3.05, 3.63) is 138 Å². The molecular formula is C44H37BN2. The van der Waals surface area contributed by atoms with E-state index in [1.54, 1.807) is 0 Å². The molecule has 0 radical (unpaired) electrons. The topological polar surface area (TPSA) is 8.17 Å². The zero-order valence-corrected chi connectivity index (χ0v) is 27.9. The quantitative estimate of drug-likeness (QED) is 0.169. The van der Waals surface area contributed by atoms with Crippen molar-refractivity contribution in [3.63, 3.8) is 0 Å². The Morgan fingerprint density at radius 1 is 0.660 bits per heavy atom. The van der Waals surface area contributed by atoms with Crippen LogP contribution in [0.1, 0.15) is 57.0 Å². The molecule has 3 aliphatic rings. The molecule has 0 fully saturated rings. The monoisotopic (exact) mass is 604 g/mol. The number of hydrogen-bond acceptors (Lipinski definition) is 1. The van der Waals surface area contributed by atoms with Crippen LogP contribution in [0.15, 0.2) is 115 Å². The smallest absolute Gasteiger partial charge is 0.333 e. The van der Waals surface area contributed by atoms with Gasteiger partial charge in [0.25, 0.3) is 0 Å². The Kier molecular flexibility index (Phi) is 5.12. The fourth-order valence-electron chi connectivity index (χ4n) is 9.15. The minimum Gasteiger partial charge on any atom is -0.376 e. The number of nitrogens with zero attached hydrogens (tertiary/aromatic N) is 2. The summed E-state index contributed by atoms with van der Waals surface area (Å²) in [6.45, 7) is 14.0. The highest BCUT2D eigenvalue weighted by Crippen LogP contribution is 2.55. The molecule has 3 heteroatoms. The van der Waals surface area contributed by atoms with Crippen LogP contribution < -0.4 is 15.7 Å². The van der Waals surface area contributed by atoms with E-state index in [4.69, 9.17) is 0 Å². The summed E-state index contributed by atoms with van der Waals surface area (Å²) in [5, 5.41) is 3.91. The Bertz CT molecular complexity index is 2490. The van der Waals surface area contributed by atoms with Gasteiger partial charge in [-0.25, -0.2) is 0 Å². The van der Waals surface area contributed by atoms with E-state index in [9.17, 15) is 0 Å². The number of hydrogen-bond donors (Lipinski definition) is 0. The molecular weight excluding hydrogens is 567 g/mol. The number of aryl methyl sites for hydroxylation is 1. The molecule has 0 atom stereocenters. The van der Waals surface area contributed by atoms with Crippen molar-refractivity contribution in [2.45, 2.75) is 52.4 Å². The Labute approximate surface area is 277 Å². The summed E-state index contributed by atoms with van der Waals surface area (Å²) in [5.41, 5.74) is 18.8. The molecule has 0 spiro atoms. The minimum absolute atomic E-state index is 0.0410. The van der Waals surface area contributed by atoms with Crippen molar-refractivity contribution >= 4 is 50.8 Å². The number of benzene rings is 6. The lowest BCUT2D eigenvalue weighted by Gasteiger charge is -2.43. The van der Waals surface area contributed by atoms with Gasteiger partial charge in [0, 0.05) is 44.7 Å². The second kappa shape index (κ2) is 8.86. The van der Waals surface area contributed by atoms with Crippen LogP contribution in [0, 0.1) is 6.92 Å². The molecule has 0 saturated heterocycles. The first-order valence-corrected chi connectivity index (χ1v) is 17.0. The summed E-state index contributed by atoms with van der Waals surface area (Å²) < 4.78 is 2.66. The number of para-hydroxylation sites is 1. The molecule has 2 aliphatic heterocycles. The fourth-order valence-corrected chi connectivity index (χ4v) is 9.15. The van der Waals surface area contributed by atoms with Crippen LogP contribution >= 0.6 is 0 Å². The van der Waals surface area contributed by atoms with E-state index in [1.165, 1.54) is 94.3 Å². The largest absolute Gasteiger partial charge is 0.376 e. The molecule has 1 aromatic heterocycles. The summed E-state index contributed by atoms with van der Waals surface area (Å²) in [4.78, 5) is 2.64. The Morgan fingerprint density at radius 2 is 1.38 bits per heavy atom.